The van der Waals surface area contributed by atoms with E-state index in [9.17, 15) is 14.0 Å². The van der Waals surface area contributed by atoms with E-state index in [1.165, 1.54) is 17.8 Å². The lowest BCUT2D eigenvalue weighted by molar-refractivity contribution is -0.129. The first-order valence-corrected chi connectivity index (χ1v) is 11.2. The molecule has 33 heavy (non-hydrogen) atoms. The lowest BCUT2D eigenvalue weighted by Crippen LogP contribution is -2.17. The van der Waals surface area contributed by atoms with E-state index in [1.807, 2.05) is 54.1 Å². The first-order chi connectivity index (χ1) is 16.0. The van der Waals surface area contributed by atoms with Gasteiger partial charge in [-0.3, -0.25) is 14.3 Å². The van der Waals surface area contributed by atoms with Gasteiger partial charge in [-0.15, -0.1) is 0 Å². The van der Waals surface area contributed by atoms with Crippen molar-refractivity contribution in [3.05, 3.63) is 77.4 Å². The summed E-state index contributed by atoms with van der Waals surface area (Å²) in [6, 6.07) is 16.1. The van der Waals surface area contributed by atoms with Gasteiger partial charge >= 0.3 is 0 Å². The fraction of sp³-hybridized carbons (Fsp3) is 0.346. The maximum Gasteiger partial charge on any atom is 0.293 e. The molecule has 2 heterocycles. The molecule has 0 amide bonds. The standard InChI is InChI=1S/C14H11FO2.C12H19N3O/c15-14-7-11(9-17-10-16)6-13(8-14)12-4-2-1-3-5-12;1-3-5-12(16)11-8-10-9-14(2)6-4-7-15(10)13-11/h1-8,10H,9H2;8H,3-7,9H2,1-2H3. The third-order valence-electron chi connectivity index (χ3n) is 5.35. The molecule has 7 heteroatoms. The number of halogens is 1. The average molecular weight is 452 g/mol. The number of ketones is 1. The second-order valence-corrected chi connectivity index (χ2v) is 8.13. The number of aromatic nitrogens is 2. The van der Waals surface area contributed by atoms with Crippen LogP contribution in [0.25, 0.3) is 11.1 Å². The number of ether oxygens (including phenoxy) is 1. The summed E-state index contributed by atoms with van der Waals surface area (Å²) < 4.78 is 20.0. The lowest BCUT2D eigenvalue weighted by Gasteiger charge is -2.10. The van der Waals surface area contributed by atoms with E-state index in [1.54, 1.807) is 0 Å². The number of aryl methyl sites for hydroxylation is 1. The largest absolute Gasteiger partial charge is 0.463 e. The molecule has 1 aliphatic rings. The predicted molar refractivity (Wildman–Crippen MR) is 125 cm³/mol. The Balaban J connectivity index is 0.000000186. The number of hydrogen-bond donors (Lipinski definition) is 0. The Morgan fingerprint density at radius 1 is 1.12 bits per heavy atom. The van der Waals surface area contributed by atoms with Crippen LogP contribution in [0, 0.1) is 5.82 Å². The summed E-state index contributed by atoms with van der Waals surface area (Å²) in [7, 11) is 2.11. The number of fused-ring (bicyclic) bond motifs is 1. The highest BCUT2D eigenvalue weighted by Gasteiger charge is 2.17. The highest BCUT2D eigenvalue weighted by Crippen LogP contribution is 2.22. The van der Waals surface area contributed by atoms with Gasteiger partial charge in [-0.25, -0.2) is 4.39 Å². The van der Waals surface area contributed by atoms with E-state index in [4.69, 9.17) is 0 Å². The minimum atomic E-state index is -0.337. The predicted octanol–water partition coefficient (Wildman–Crippen LogP) is 4.87. The van der Waals surface area contributed by atoms with E-state index in [0.717, 1.165) is 43.6 Å². The molecule has 0 aliphatic carbocycles. The quantitative estimate of drug-likeness (QED) is 0.379. The number of hydrogen-bond acceptors (Lipinski definition) is 5. The molecule has 174 valence electrons. The minimum Gasteiger partial charge on any atom is -0.463 e. The van der Waals surface area contributed by atoms with E-state index < -0.39 is 0 Å². The molecular weight excluding hydrogens is 421 g/mol. The molecule has 1 aliphatic heterocycles. The summed E-state index contributed by atoms with van der Waals surface area (Å²) in [6.07, 6.45) is 2.60. The van der Waals surface area contributed by atoms with Gasteiger partial charge < -0.3 is 9.64 Å². The van der Waals surface area contributed by atoms with E-state index in [0.29, 0.717) is 24.2 Å². The fourth-order valence-corrected chi connectivity index (χ4v) is 3.77. The van der Waals surface area contributed by atoms with Crippen LogP contribution in [0.3, 0.4) is 0 Å². The topological polar surface area (TPSA) is 64.4 Å². The summed E-state index contributed by atoms with van der Waals surface area (Å²) in [6.45, 7) is 5.38. The van der Waals surface area contributed by atoms with E-state index in [-0.39, 0.29) is 18.2 Å². The Labute approximate surface area is 194 Å². The number of carbonyl (C=O) groups excluding carboxylic acids is 2. The Morgan fingerprint density at radius 2 is 1.91 bits per heavy atom. The van der Waals surface area contributed by atoms with Crippen LogP contribution in [0.5, 0.6) is 0 Å². The van der Waals surface area contributed by atoms with Gasteiger partial charge in [0.25, 0.3) is 6.47 Å². The maximum atomic E-state index is 13.4. The van der Waals surface area contributed by atoms with Gasteiger partial charge in [-0.05, 0) is 60.8 Å². The molecule has 3 aromatic rings. The number of nitrogens with zero attached hydrogens (tertiary/aromatic N) is 3. The summed E-state index contributed by atoms with van der Waals surface area (Å²) >= 11 is 0. The summed E-state index contributed by atoms with van der Waals surface area (Å²) in [5, 5.41) is 4.40. The van der Waals surface area contributed by atoms with Crippen molar-refractivity contribution in [2.24, 2.45) is 0 Å². The lowest BCUT2D eigenvalue weighted by atomic mass is 10.0. The molecule has 0 fully saturated rings. The summed E-state index contributed by atoms with van der Waals surface area (Å²) in [5.41, 5.74) is 4.15. The zero-order chi connectivity index (χ0) is 23.6. The molecule has 0 bridgehead atoms. The van der Waals surface area contributed by atoms with Crippen LogP contribution in [-0.2, 0) is 29.2 Å². The molecule has 0 unspecified atom stereocenters. The zero-order valence-electron chi connectivity index (χ0n) is 19.2. The smallest absolute Gasteiger partial charge is 0.293 e. The highest BCUT2D eigenvalue weighted by atomic mass is 19.1. The van der Waals surface area contributed by atoms with Gasteiger partial charge in [0.15, 0.2) is 5.78 Å². The van der Waals surface area contributed by atoms with Crippen LogP contribution in [0.2, 0.25) is 0 Å². The highest BCUT2D eigenvalue weighted by molar-refractivity contribution is 5.94. The Kier molecular flexibility index (Phi) is 8.89. The van der Waals surface area contributed by atoms with Crippen molar-refractivity contribution >= 4 is 12.3 Å². The summed E-state index contributed by atoms with van der Waals surface area (Å²) in [5.74, 6) is -0.165. The van der Waals surface area contributed by atoms with Gasteiger partial charge in [0.2, 0.25) is 0 Å². The van der Waals surface area contributed by atoms with Crippen molar-refractivity contribution in [3.8, 4) is 11.1 Å². The first-order valence-electron chi connectivity index (χ1n) is 11.2. The average Bonchev–Trinajstić information content (AvgIpc) is 3.12. The summed E-state index contributed by atoms with van der Waals surface area (Å²) in [4.78, 5) is 24.1. The molecule has 6 nitrogen and oxygen atoms in total. The van der Waals surface area contributed by atoms with Crippen LogP contribution in [-0.4, -0.2) is 40.5 Å². The Bertz CT molecular complexity index is 1070. The second-order valence-electron chi connectivity index (χ2n) is 8.13. The Morgan fingerprint density at radius 3 is 2.64 bits per heavy atom. The first kappa shape index (κ1) is 24.3. The third-order valence-corrected chi connectivity index (χ3v) is 5.35. The van der Waals surface area contributed by atoms with Crippen LogP contribution >= 0.6 is 0 Å². The Hall–Kier alpha value is -3.32. The molecular formula is C26H30FN3O3. The van der Waals surface area contributed by atoms with E-state index in [2.05, 4.69) is 21.8 Å². The molecule has 1 aromatic heterocycles. The molecule has 0 N–H and O–H groups in total. The van der Waals surface area contributed by atoms with Crippen molar-refractivity contribution < 1.29 is 18.7 Å². The molecule has 0 saturated heterocycles. The SMILES string of the molecule is CCCC(=O)c1cc2n(n1)CCCN(C)C2.O=COCc1cc(F)cc(-c2ccccc2)c1. The van der Waals surface area contributed by atoms with Crippen molar-refractivity contribution in [2.45, 2.75) is 45.9 Å². The molecule has 2 aromatic carbocycles. The van der Waals surface area contributed by atoms with Gasteiger partial charge in [0, 0.05) is 26.1 Å². The van der Waals surface area contributed by atoms with Crippen LogP contribution in [0.4, 0.5) is 4.39 Å². The number of Topliss-reactive ketones (excluding diaryl/α,β-unsaturated/α-hetero) is 1. The van der Waals surface area contributed by atoms with Crippen LogP contribution < -0.4 is 0 Å². The minimum absolute atomic E-state index is 0.0844. The number of carbonyl (C=O) groups is 2. The molecule has 0 atom stereocenters. The number of rotatable bonds is 7. The second kappa shape index (κ2) is 12.1. The molecule has 0 spiro atoms. The van der Waals surface area contributed by atoms with Crippen LogP contribution in [0.1, 0.15) is 47.9 Å². The van der Waals surface area contributed by atoms with Gasteiger partial charge in [0.05, 0.1) is 5.69 Å². The van der Waals surface area contributed by atoms with Gasteiger partial charge in [-0.2, -0.15) is 5.10 Å². The van der Waals surface area contributed by atoms with Crippen molar-refractivity contribution in [1.82, 2.24) is 14.7 Å². The normalized spacial score (nSPS) is 13.3. The zero-order valence-corrected chi connectivity index (χ0v) is 19.2. The monoisotopic (exact) mass is 451 g/mol. The maximum absolute atomic E-state index is 13.4. The van der Waals surface area contributed by atoms with E-state index >= 15 is 0 Å². The van der Waals surface area contributed by atoms with Crippen molar-refractivity contribution in [1.29, 1.82) is 0 Å². The number of benzene rings is 2. The van der Waals surface area contributed by atoms with Gasteiger partial charge in [-0.1, -0.05) is 37.3 Å². The fourth-order valence-electron chi connectivity index (χ4n) is 3.77. The van der Waals surface area contributed by atoms with Crippen molar-refractivity contribution in [2.75, 3.05) is 13.6 Å². The molecule has 0 radical (unpaired) electrons. The van der Waals surface area contributed by atoms with Crippen LogP contribution in [0.15, 0.2) is 54.6 Å². The van der Waals surface area contributed by atoms with Crippen molar-refractivity contribution in [3.63, 3.8) is 0 Å². The third kappa shape index (κ3) is 7.08. The molecule has 4 rings (SSSR count). The van der Waals surface area contributed by atoms with Gasteiger partial charge in [0.1, 0.15) is 18.1 Å². The molecule has 0 saturated carbocycles.